The van der Waals surface area contributed by atoms with Gasteiger partial charge in [0.05, 0.1) is 6.10 Å². The number of fused-ring (bicyclic) bond motifs is 1. The molecule has 1 aliphatic heterocycles. The van der Waals surface area contributed by atoms with E-state index in [1.807, 2.05) is 6.92 Å². The second-order valence-corrected chi connectivity index (χ2v) is 4.94. The van der Waals surface area contributed by atoms with E-state index < -0.39 is 18.8 Å². The van der Waals surface area contributed by atoms with Gasteiger partial charge in [0, 0.05) is 11.3 Å². The van der Waals surface area contributed by atoms with Crippen LogP contribution in [0, 0.1) is 5.82 Å². The third-order valence-corrected chi connectivity index (χ3v) is 3.47. The van der Waals surface area contributed by atoms with Crippen molar-refractivity contribution in [2.24, 2.45) is 0 Å². The Bertz CT molecular complexity index is 707. The quantitative estimate of drug-likeness (QED) is 0.828. The summed E-state index contributed by atoms with van der Waals surface area (Å²) in [5.74, 6) is -0.870. The van der Waals surface area contributed by atoms with Crippen LogP contribution in [0.2, 0.25) is 0 Å². The smallest absolute Gasteiger partial charge is 0.423 e. The lowest BCUT2D eigenvalue weighted by atomic mass is 9.79. The van der Waals surface area contributed by atoms with Crippen molar-refractivity contribution in [3.8, 4) is 0 Å². The molecule has 106 valence electrons. The van der Waals surface area contributed by atoms with E-state index in [1.165, 1.54) is 24.3 Å². The van der Waals surface area contributed by atoms with Crippen LogP contribution in [0.15, 0.2) is 42.5 Å². The van der Waals surface area contributed by atoms with Crippen LogP contribution in [0.25, 0.3) is 0 Å². The molecule has 21 heavy (non-hydrogen) atoms. The van der Waals surface area contributed by atoms with Gasteiger partial charge in [-0.3, -0.25) is 4.79 Å². The minimum Gasteiger partial charge on any atom is -0.423 e. The van der Waals surface area contributed by atoms with Gasteiger partial charge in [0.1, 0.15) is 5.82 Å². The summed E-state index contributed by atoms with van der Waals surface area (Å²) in [5.41, 5.74) is 2.30. The first-order valence-corrected chi connectivity index (χ1v) is 6.59. The molecule has 0 aliphatic carbocycles. The molecular formula is C15H13BFNO3. The van der Waals surface area contributed by atoms with Crippen LogP contribution in [-0.4, -0.2) is 18.0 Å². The van der Waals surface area contributed by atoms with E-state index >= 15 is 0 Å². The fourth-order valence-electron chi connectivity index (χ4n) is 2.41. The topological polar surface area (TPSA) is 58.6 Å². The largest absolute Gasteiger partial charge is 0.492 e. The molecule has 6 heteroatoms. The highest BCUT2D eigenvalue weighted by molar-refractivity contribution is 6.61. The predicted octanol–water partition coefficient (Wildman–Crippen LogP) is 1.86. The van der Waals surface area contributed by atoms with Crippen LogP contribution in [0.4, 0.5) is 10.1 Å². The van der Waals surface area contributed by atoms with Crippen LogP contribution in [0.5, 0.6) is 0 Å². The van der Waals surface area contributed by atoms with Crippen molar-refractivity contribution in [1.29, 1.82) is 0 Å². The lowest BCUT2D eigenvalue weighted by molar-refractivity contribution is 0.102. The molecule has 2 aromatic carbocycles. The molecule has 1 amide bonds. The summed E-state index contributed by atoms with van der Waals surface area (Å²) < 4.78 is 18.4. The number of nitrogens with one attached hydrogen (secondary N) is 1. The highest BCUT2D eigenvalue weighted by Gasteiger charge is 2.32. The van der Waals surface area contributed by atoms with E-state index in [0.29, 0.717) is 11.2 Å². The number of hydrogen-bond acceptors (Lipinski definition) is 3. The molecule has 3 rings (SSSR count). The molecule has 4 nitrogen and oxygen atoms in total. The molecule has 0 saturated carbocycles. The first-order chi connectivity index (χ1) is 10.0. The molecule has 0 aromatic heterocycles. The number of carbonyl (C=O) groups is 1. The lowest BCUT2D eigenvalue weighted by Crippen LogP contribution is -2.28. The second-order valence-electron chi connectivity index (χ2n) is 4.94. The van der Waals surface area contributed by atoms with E-state index in [4.69, 9.17) is 4.65 Å². The molecule has 2 aromatic rings. The molecule has 0 fully saturated rings. The second kappa shape index (κ2) is 5.31. The van der Waals surface area contributed by atoms with Crippen molar-refractivity contribution in [2.75, 3.05) is 5.32 Å². The summed E-state index contributed by atoms with van der Waals surface area (Å²) in [7, 11) is -0.985. The fraction of sp³-hybridized carbons (Fsp3) is 0.133. The van der Waals surface area contributed by atoms with E-state index in [1.54, 1.807) is 18.2 Å². The Morgan fingerprint density at radius 3 is 2.90 bits per heavy atom. The number of carbonyl (C=O) groups excluding carboxylic acids is 1. The van der Waals surface area contributed by atoms with E-state index in [2.05, 4.69) is 5.32 Å². The summed E-state index contributed by atoms with van der Waals surface area (Å²) in [6.07, 6.45) is -0.178. The van der Waals surface area contributed by atoms with Crippen molar-refractivity contribution >= 4 is 24.2 Å². The van der Waals surface area contributed by atoms with Crippen LogP contribution in [0.1, 0.15) is 28.9 Å². The van der Waals surface area contributed by atoms with Gasteiger partial charge in [-0.15, -0.1) is 0 Å². The van der Waals surface area contributed by atoms with Crippen LogP contribution >= 0.6 is 0 Å². The first-order valence-electron chi connectivity index (χ1n) is 6.59. The summed E-state index contributed by atoms with van der Waals surface area (Å²) in [6.45, 7) is 1.85. The fourth-order valence-corrected chi connectivity index (χ4v) is 2.41. The van der Waals surface area contributed by atoms with Crippen LogP contribution in [0.3, 0.4) is 0 Å². The molecule has 1 atom stereocenters. The Morgan fingerprint density at radius 1 is 1.33 bits per heavy atom. The van der Waals surface area contributed by atoms with Gasteiger partial charge in [0.15, 0.2) is 0 Å². The Labute approximate surface area is 121 Å². The molecule has 0 saturated heterocycles. The van der Waals surface area contributed by atoms with Gasteiger partial charge >= 0.3 is 7.12 Å². The molecule has 0 spiro atoms. The van der Waals surface area contributed by atoms with Gasteiger partial charge in [-0.25, -0.2) is 4.39 Å². The van der Waals surface area contributed by atoms with E-state index in [0.717, 1.165) is 5.56 Å². The van der Waals surface area contributed by atoms with Gasteiger partial charge < -0.3 is 15.0 Å². The Kier molecular flexibility index (Phi) is 3.49. The monoisotopic (exact) mass is 285 g/mol. The summed E-state index contributed by atoms with van der Waals surface area (Å²) in [4.78, 5) is 12.0. The Hall–Kier alpha value is -2.18. The normalized spacial score (nSPS) is 16.7. The SMILES string of the molecule is CC1OB(O)c2cc(NC(=O)c3cccc(F)c3)ccc21. The van der Waals surface area contributed by atoms with Crippen molar-refractivity contribution in [3.63, 3.8) is 0 Å². The molecule has 0 bridgehead atoms. The number of amides is 1. The van der Waals surface area contributed by atoms with Crippen molar-refractivity contribution in [1.82, 2.24) is 0 Å². The van der Waals surface area contributed by atoms with Gasteiger partial charge in [-0.05, 0) is 48.3 Å². The molecule has 1 aliphatic rings. The average molecular weight is 285 g/mol. The zero-order valence-corrected chi connectivity index (χ0v) is 11.3. The van der Waals surface area contributed by atoms with Gasteiger partial charge in [-0.2, -0.15) is 0 Å². The Morgan fingerprint density at radius 2 is 2.14 bits per heavy atom. The van der Waals surface area contributed by atoms with E-state index in [9.17, 15) is 14.2 Å². The zero-order chi connectivity index (χ0) is 15.0. The van der Waals surface area contributed by atoms with Crippen molar-refractivity contribution < 1.29 is 18.9 Å². The predicted molar refractivity (Wildman–Crippen MR) is 77.9 cm³/mol. The molecule has 1 heterocycles. The van der Waals surface area contributed by atoms with Gasteiger partial charge in [0.2, 0.25) is 0 Å². The zero-order valence-electron chi connectivity index (χ0n) is 11.3. The number of benzene rings is 2. The maximum absolute atomic E-state index is 13.1. The van der Waals surface area contributed by atoms with Gasteiger partial charge in [-0.1, -0.05) is 12.1 Å². The third-order valence-electron chi connectivity index (χ3n) is 3.47. The molecule has 0 radical (unpaired) electrons. The molecule has 1 unspecified atom stereocenters. The number of rotatable bonds is 2. The highest BCUT2D eigenvalue weighted by Crippen LogP contribution is 2.24. The lowest BCUT2D eigenvalue weighted by Gasteiger charge is -2.08. The van der Waals surface area contributed by atoms with Crippen LogP contribution < -0.4 is 10.8 Å². The molecule has 2 N–H and O–H groups in total. The minimum absolute atomic E-state index is 0.178. The number of hydrogen-bond donors (Lipinski definition) is 2. The summed E-state index contributed by atoms with van der Waals surface area (Å²) in [6, 6.07) is 10.7. The van der Waals surface area contributed by atoms with Crippen LogP contribution in [-0.2, 0) is 4.65 Å². The van der Waals surface area contributed by atoms with Gasteiger partial charge in [0.25, 0.3) is 5.91 Å². The standard InChI is InChI=1S/C15H13BFNO3/c1-9-13-6-5-12(8-14(13)16(20)21-9)18-15(19)10-3-2-4-11(17)7-10/h2-9,20H,1H3,(H,18,19). The maximum Gasteiger partial charge on any atom is 0.492 e. The summed E-state index contributed by atoms with van der Waals surface area (Å²) in [5, 5.41) is 12.5. The van der Waals surface area contributed by atoms with E-state index in [-0.39, 0.29) is 11.7 Å². The highest BCUT2D eigenvalue weighted by atomic mass is 19.1. The first kappa shape index (κ1) is 13.8. The minimum atomic E-state index is -0.985. The average Bonchev–Trinajstić information content (AvgIpc) is 2.74. The maximum atomic E-state index is 13.1. The number of halogens is 1. The third kappa shape index (κ3) is 2.68. The summed E-state index contributed by atoms with van der Waals surface area (Å²) >= 11 is 0. The van der Waals surface area contributed by atoms with Crippen molar-refractivity contribution in [3.05, 3.63) is 59.4 Å². The Balaban J connectivity index is 1.83. The van der Waals surface area contributed by atoms with Crippen molar-refractivity contribution in [2.45, 2.75) is 13.0 Å². The number of anilines is 1. The molecular weight excluding hydrogens is 272 g/mol.